The Hall–Kier alpha value is -6.66. The normalized spacial score (nSPS) is 26.0. The Balaban J connectivity index is 4.44. The van der Waals surface area contributed by atoms with Crippen molar-refractivity contribution >= 4 is 70.9 Å². The maximum atomic E-state index is 15.2. The topological polar surface area (TPSA) is 305 Å². The fraction of sp³-hybridized carbons (Fsp3) is 0.788. The summed E-state index contributed by atoms with van der Waals surface area (Å²) in [6.07, 6.45) is 2.90. The summed E-state index contributed by atoms with van der Waals surface area (Å²) in [6, 6.07) is -13.1. The Morgan fingerprint density at radius 3 is 1.48 bits per heavy atom. The molecule has 2 unspecified atom stereocenters. The number of aliphatic hydroxyl groups is 1. The van der Waals surface area contributed by atoms with Crippen molar-refractivity contribution in [1.82, 2.24) is 55.6 Å². The number of hydrogen-bond donors (Lipinski definition) is 5. The molecule has 0 aromatic rings. The highest BCUT2D eigenvalue weighted by molar-refractivity contribution is 5.99. The molecule has 0 aromatic heterocycles. The van der Waals surface area contributed by atoms with Gasteiger partial charge in [0, 0.05) is 62.2 Å². The van der Waals surface area contributed by atoms with Crippen LogP contribution in [0.4, 0.5) is 0 Å². The van der Waals surface area contributed by atoms with E-state index in [-0.39, 0.29) is 62.7 Å². The van der Waals surface area contributed by atoms with E-state index in [1.807, 2.05) is 41.5 Å². The average molecular weight is 1290 g/mol. The predicted molar refractivity (Wildman–Crippen MR) is 349 cm³/mol. The average Bonchev–Trinajstić information content (AvgIpc) is 0.893. The molecule has 1 rings (SSSR count). The van der Waals surface area contributed by atoms with Crippen molar-refractivity contribution in [2.24, 2.45) is 35.5 Å². The fourth-order valence-corrected chi connectivity index (χ4v) is 11.3. The van der Waals surface area contributed by atoms with Gasteiger partial charge in [0.1, 0.15) is 66.0 Å². The summed E-state index contributed by atoms with van der Waals surface area (Å²) in [4.78, 5) is 183. The van der Waals surface area contributed by atoms with Crippen LogP contribution in [-0.4, -0.2) is 238 Å². The third-order valence-electron chi connectivity index (χ3n) is 16.9. The second-order valence-corrected chi connectivity index (χ2v) is 27.7. The van der Waals surface area contributed by atoms with E-state index in [4.69, 9.17) is 4.74 Å². The monoisotopic (exact) mass is 1290 g/mol. The van der Waals surface area contributed by atoms with Crippen LogP contribution >= 0.6 is 0 Å². The van der Waals surface area contributed by atoms with Crippen LogP contribution in [0.25, 0.3) is 0 Å². The molecular weight excluding hydrogens is 1170 g/mol. The van der Waals surface area contributed by atoms with Crippen LogP contribution < -0.4 is 21.3 Å². The molecule has 11 amide bonds. The first kappa shape index (κ1) is 82.4. The van der Waals surface area contributed by atoms with Gasteiger partial charge in [-0.3, -0.25) is 57.5 Å². The van der Waals surface area contributed by atoms with E-state index >= 15 is 14.4 Å². The number of nitrogens with one attached hydrogen (secondary N) is 4. The molecule has 520 valence electrons. The summed E-state index contributed by atoms with van der Waals surface area (Å²) in [5, 5.41) is 23.0. The van der Waals surface area contributed by atoms with Gasteiger partial charge >= 0.3 is 5.97 Å². The number of carbonyl (C=O) groups excluding carboxylic acids is 12. The quantitative estimate of drug-likeness (QED) is 0.0966. The highest BCUT2D eigenvalue weighted by atomic mass is 16.6. The van der Waals surface area contributed by atoms with Crippen LogP contribution in [0.5, 0.6) is 0 Å². The maximum absolute atomic E-state index is 15.2. The van der Waals surface area contributed by atoms with E-state index in [0.29, 0.717) is 6.42 Å². The first-order chi connectivity index (χ1) is 42.0. The summed E-state index contributed by atoms with van der Waals surface area (Å²) in [5.41, 5.74) is -1.38. The van der Waals surface area contributed by atoms with Gasteiger partial charge in [-0.05, 0) is 109 Å². The molecule has 25 heteroatoms. The van der Waals surface area contributed by atoms with Gasteiger partial charge in [-0.25, -0.2) is 0 Å². The zero-order chi connectivity index (χ0) is 70.6. The number of rotatable bonds is 18. The molecule has 0 aliphatic carbocycles. The molecule has 12 atom stereocenters. The van der Waals surface area contributed by atoms with Crippen molar-refractivity contribution in [1.29, 1.82) is 0 Å². The standard InChI is InChI=1S/C66H117N11O14/c1-26-29-31-42(14)55(80)54-59(84)69-45(28-3)61(86)71(19)36-50(78)72(20)49(35-66(17,18)91-51(79)30-27-2)58(83)70-52(40(10)11)64(89)73(21)46(32-37(4)5)57(82)67-43(15)56(81)68-44(16)60(85)74(22)47(33-38(6)7)62(87)75(23)48(34-39(8)9)63(88)76(24)53(41(12)13)65(90)77(54)25/h26,29,37-49,52-55,80H,27-28,30-36H2,1-25H3,(H,67,82)(H,68,81)(H,69,84)(H,70,83)/b29-26+/t42?,43-,44+,45-,46-,47-,48-,49-,52-,53-,54-,55?/m0/s1. The molecule has 1 fully saturated rings. The van der Waals surface area contributed by atoms with Crippen LogP contribution in [0, 0.1) is 35.5 Å². The summed E-state index contributed by atoms with van der Waals surface area (Å²) >= 11 is 0. The second-order valence-electron chi connectivity index (χ2n) is 27.7. The first-order valence-corrected chi connectivity index (χ1v) is 32.5. The number of likely N-dealkylation sites (N-methyl/N-ethyl adjacent to an activating group) is 7. The van der Waals surface area contributed by atoms with Gasteiger partial charge in [-0.2, -0.15) is 0 Å². The molecule has 1 aliphatic rings. The molecule has 0 bridgehead atoms. The highest BCUT2D eigenvalue weighted by Gasteiger charge is 2.46. The molecule has 0 aromatic carbocycles. The van der Waals surface area contributed by atoms with Crippen molar-refractivity contribution in [3.05, 3.63) is 12.2 Å². The van der Waals surface area contributed by atoms with E-state index in [0.717, 1.165) is 14.7 Å². The SMILES string of the molecule is C/C=C/CC(C)C(O)[C@H]1C(=O)N[C@@H](CC)C(=O)N(C)CC(=O)N(C)[C@@H](CC(C)(C)OC(=O)CCC)C(=O)N[C@@H](C(C)C)C(=O)N(C)[C@@H](CC(C)C)C(=O)N[C@@H](C)C(=O)N[C@H](C)C(=O)N(C)[C@@H](CC(C)C)C(=O)N(C)[C@@H](CC(C)C)C(=O)N(C)[C@@H](C(C)C)C(=O)N1C. The van der Waals surface area contributed by atoms with Gasteiger partial charge in [-0.15, -0.1) is 0 Å². The minimum absolute atomic E-state index is 0.0287. The predicted octanol–water partition coefficient (Wildman–Crippen LogP) is 3.73. The van der Waals surface area contributed by atoms with Crippen molar-refractivity contribution in [2.45, 2.75) is 248 Å². The van der Waals surface area contributed by atoms with Crippen LogP contribution in [0.3, 0.4) is 0 Å². The molecule has 1 saturated heterocycles. The third kappa shape index (κ3) is 23.8. The first-order valence-electron chi connectivity index (χ1n) is 32.5. The maximum Gasteiger partial charge on any atom is 0.306 e. The van der Waals surface area contributed by atoms with Crippen LogP contribution in [-0.2, 0) is 62.3 Å². The van der Waals surface area contributed by atoms with Crippen molar-refractivity contribution < 1.29 is 67.4 Å². The van der Waals surface area contributed by atoms with Crippen LogP contribution in [0.1, 0.15) is 176 Å². The summed E-state index contributed by atoms with van der Waals surface area (Å²) in [5.74, 6) is -11.0. The number of ether oxygens (including phenoxy) is 1. The Bertz CT molecular complexity index is 2540. The Morgan fingerprint density at radius 1 is 0.549 bits per heavy atom. The van der Waals surface area contributed by atoms with Gasteiger partial charge in [0.2, 0.25) is 65.0 Å². The van der Waals surface area contributed by atoms with E-state index < -0.39 is 167 Å². The van der Waals surface area contributed by atoms with Crippen LogP contribution in [0.2, 0.25) is 0 Å². The lowest BCUT2D eigenvalue weighted by atomic mass is 9.91. The number of hydrogen-bond acceptors (Lipinski definition) is 14. The van der Waals surface area contributed by atoms with Crippen molar-refractivity contribution in [3.8, 4) is 0 Å². The Labute approximate surface area is 543 Å². The molecule has 1 heterocycles. The summed E-state index contributed by atoms with van der Waals surface area (Å²) in [7, 11) is 9.68. The van der Waals surface area contributed by atoms with Crippen molar-refractivity contribution in [2.75, 3.05) is 55.9 Å². The van der Waals surface area contributed by atoms with Gasteiger partial charge in [-0.1, -0.05) is 102 Å². The zero-order valence-corrected chi connectivity index (χ0v) is 59.7. The third-order valence-corrected chi connectivity index (χ3v) is 16.9. The molecule has 0 radical (unpaired) electrons. The second kappa shape index (κ2) is 37.1. The number of esters is 1. The van der Waals surface area contributed by atoms with Gasteiger partial charge in [0.15, 0.2) is 0 Å². The lowest BCUT2D eigenvalue weighted by Gasteiger charge is -2.41. The molecule has 0 saturated carbocycles. The van der Waals surface area contributed by atoms with E-state index in [1.54, 1.807) is 81.4 Å². The largest absolute Gasteiger partial charge is 0.460 e. The van der Waals surface area contributed by atoms with E-state index in [9.17, 15) is 48.3 Å². The van der Waals surface area contributed by atoms with Crippen LogP contribution in [0.15, 0.2) is 12.2 Å². The lowest BCUT2D eigenvalue weighted by molar-refractivity contribution is -0.160. The number of amides is 11. The minimum Gasteiger partial charge on any atom is -0.460 e. The highest BCUT2D eigenvalue weighted by Crippen LogP contribution is 2.27. The molecule has 25 nitrogen and oxygen atoms in total. The number of carbonyl (C=O) groups is 12. The zero-order valence-electron chi connectivity index (χ0n) is 59.7. The van der Waals surface area contributed by atoms with Gasteiger partial charge in [0.25, 0.3) is 0 Å². The smallest absolute Gasteiger partial charge is 0.306 e. The lowest BCUT2D eigenvalue weighted by Crippen LogP contribution is -2.63. The Kier molecular flexibility index (Phi) is 33.6. The van der Waals surface area contributed by atoms with E-state index in [1.165, 1.54) is 82.8 Å². The van der Waals surface area contributed by atoms with E-state index in [2.05, 4.69) is 21.3 Å². The number of nitrogens with zero attached hydrogens (tertiary/aromatic N) is 7. The summed E-state index contributed by atoms with van der Waals surface area (Å²) < 4.78 is 5.81. The molecule has 5 N–H and O–H groups in total. The number of aliphatic hydroxyl groups excluding tert-OH is 1. The number of allylic oxidation sites excluding steroid dienone is 2. The van der Waals surface area contributed by atoms with Gasteiger partial charge < -0.3 is 65.4 Å². The molecule has 91 heavy (non-hydrogen) atoms. The molecular formula is C66H117N11O14. The fourth-order valence-electron chi connectivity index (χ4n) is 11.3. The Morgan fingerprint density at radius 2 is 1.01 bits per heavy atom. The molecule has 1 aliphatic heterocycles. The van der Waals surface area contributed by atoms with Gasteiger partial charge in [0.05, 0.1) is 12.6 Å². The summed E-state index contributed by atoms with van der Waals surface area (Å²) in [6.45, 7) is 30.1. The minimum atomic E-state index is -1.65. The molecule has 0 spiro atoms. The van der Waals surface area contributed by atoms with Crippen molar-refractivity contribution in [3.63, 3.8) is 0 Å².